The summed E-state index contributed by atoms with van der Waals surface area (Å²) in [4.78, 5) is 5.47. The number of rotatable bonds is 4. The number of hydrogen-bond acceptors (Lipinski definition) is 3. The number of aromatic nitrogens is 1. The lowest BCUT2D eigenvalue weighted by atomic mass is 10.1. The quantitative estimate of drug-likeness (QED) is 0.934. The third-order valence-electron chi connectivity index (χ3n) is 2.39. The number of aryl methyl sites for hydroxylation is 1. The molecule has 2 aromatic heterocycles. The first-order chi connectivity index (χ1) is 7.75. The zero-order valence-corrected chi connectivity index (χ0v) is 11.4. The van der Waals surface area contributed by atoms with Gasteiger partial charge < -0.3 is 5.32 Å². The lowest BCUT2D eigenvalue weighted by Gasteiger charge is -2.05. The smallest absolute Gasteiger partial charge is 0.0701 e. The maximum atomic E-state index is 4.13. The third kappa shape index (κ3) is 3.14. The van der Waals surface area contributed by atoms with Crippen LogP contribution in [-0.4, -0.2) is 4.98 Å². The van der Waals surface area contributed by atoms with E-state index < -0.39 is 0 Å². The van der Waals surface area contributed by atoms with Crippen molar-refractivity contribution in [2.24, 2.45) is 0 Å². The fourth-order valence-corrected chi connectivity index (χ4v) is 2.90. The number of nitrogens with zero attached hydrogens (tertiary/aromatic N) is 1. The van der Waals surface area contributed by atoms with Crippen molar-refractivity contribution in [3.63, 3.8) is 0 Å². The minimum absolute atomic E-state index is 0.870. The molecule has 0 aromatic carbocycles. The second kappa shape index (κ2) is 5.57. The molecule has 0 aliphatic heterocycles. The van der Waals surface area contributed by atoms with Crippen LogP contribution in [0.3, 0.4) is 0 Å². The molecule has 16 heavy (non-hydrogen) atoms. The van der Waals surface area contributed by atoms with Gasteiger partial charge in [0.2, 0.25) is 0 Å². The molecule has 0 atom stereocenters. The minimum atomic E-state index is 0.870. The lowest BCUT2D eigenvalue weighted by molar-refractivity contribution is 0.696. The van der Waals surface area contributed by atoms with Gasteiger partial charge in [-0.25, -0.2) is 0 Å². The minimum Gasteiger partial charge on any atom is -0.308 e. The van der Waals surface area contributed by atoms with Crippen LogP contribution in [0.1, 0.15) is 16.0 Å². The zero-order valence-electron chi connectivity index (χ0n) is 9.03. The molecule has 0 saturated heterocycles. The van der Waals surface area contributed by atoms with Crippen LogP contribution in [-0.2, 0) is 13.1 Å². The Hall–Kier alpha value is -0.710. The Morgan fingerprint density at radius 2 is 2.19 bits per heavy atom. The van der Waals surface area contributed by atoms with Gasteiger partial charge in [0, 0.05) is 30.4 Å². The standard InChI is InChI=1S/C12H13BrN2S/c1-9-4-5-14-6-10(9)7-15-8-11-2-3-12(13)16-11/h2-6,15H,7-8H2,1H3. The number of hydrogen-bond donors (Lipinski definition) is 1. The van der Waals surface area contributed by atoms with Gasteiger partial charge in [-0.2, -0.15) is 0 Å². The van der Waals surface area contributed by atoms with Crippen molar-refractivity contribution in [1.29, 1.82) is 0 Å². The summed E-state index contributed by atoms with van der Waals surface area (Å²) in [6.07, 6.45) is 3.75. The second-order valence-electron chi connectivity index (χ2n) is 3.61. The van der Waals surface area contributed by atoms with Crippen LogP contribution < -0.4 is 5.32 Å². The summed E-state index contributed by atoms with van der Waals surface area (Å²) < 4.78 is 1.18. The Morgan fingerprint density at radius 1 is 1.31 bits per heavy atom. The highest BCUT2D eigenvalue weighted by Gasteiger charge is 1.99. The Bertz CT molecular complexity index is 468. The molecule has 2 heterocycles. The van der Waals surface area contributed by atoms with Crippen LogP contribution >= 0.6 is 27.3 Å². The molecular formula is C12H13BrN2S. The van der Waals surface area contributed by atoms with Gasteiger partial charge in [0.15, 0.2) is 0 Å². The molecule has 0 fully saturated rings. The van der Waals surface area contributed by atoms with Crippen LogP contribution in [0.4, 0.5) is 0 Å². The van der Waals surface area contributed by atoms with Crippen LogP contribution in [0.15, 0.2) is 34.4 Å². The van der Waals surface area contributed by atoms with Gasteiger partial charge >= 0.3 is 0 Å². The number of nitrogens with one attached hydrogen (secondary N) is 1. The molecule has 4 heteroatoms. The summed E-state index contributed by atoms with van der Waals surface area (Å²) in [5.41, 5.74) is 2.55. The molecule has 0 saturated carbocycles. The number of thiophene rings is 1. The van der Waals surface area contributed by atoms with Crippen molar-refractivity contribution in [1.82, 2.24) is 10.3 Å². The van der Waals surface area contributed by atoms with Gasteiger partial charge in [-0.1, -0.05) is 0 Å². The summed E-state index contributed by atoms with van der Waals surface area (Å²) in [5.74, 6) is 0. The first kappa shape index (κ1) is 11.8. The Morgan fingerprint density at radius 3 is 2.88 bits per heavy atom. The largest absolute Gasteiger partial charge is 0.308 e. The maximum Gasteiger partial charge on any atom is 0.0701 e. The molecule has 84 valence electrons. The summed E-state index contributed by atoms with van der Waals surface area (Å²) in [6, 6.07) is 6.26. The average molecular weight is 297 g/mol. The van der Waals surface area contributed by atoms with Crippen molar-refractivity contribution >= 4 is 27.3 Å². The molecule has 2 rings (SSSR count). The van der Waals surface area contributed by atoms with Crippen molar-refractivity contribution in [3.05, 3.63) is 50.4 Å². The number of pyridine rings is 1. The van der Waals surface area contributed by atoms with E-state index in [9.17, 15) is 0 Å². The predicted molar refractivity (Wildman–Crippen MR) is 71.5 cm³/mol. The molecule has 0 unspecified atom stereocenters. The van der Waals surface area contributed by atoms with Gasteiger partial charge in [-0.3, -0.25) is 4.98 Å². The van der Waals surface area contributed by atoms with Crippen LogP contribution in [0, 0.1) is 6.92 Å². The van der Waals surface area contributed by atoms with E-state index in [1.165, 1.54) is 19.8 Å². The van der Waals surface area contributed by atoms with Crippen LogP contribution in [0.5, 0.6) is 0 Å². The van der Waals surface area contributed by atoms with E-state index in [0.29, 0.717) is 0 Å². The predicted octanol–water partition coefficient (Wildman–Crippen LogP) is 3.50. The van der Waals surface area contributed by atoms with Crippen molar-refractivity contribution in [2.45, 2.75) is 20.0 Å². The topological polar surface area (TPSA) is 24.9 Å². The molecular weight excluding hydrogens is 284 g/mol. The molecule has 0 aliphatic carbocycles. The lowest BCUT2D eigenvalue weighted by Crippen LogP contribution is -2.12. The van der Waals surface area contributed by atoms with Gasteiger partial charge in [0.25, 0.3) is 0 Å². The van der Waals surface area contributed by atoms with Gasteiger partial charge in [-0.05, 0) is 52.2 Å². The Balaban J connectivity index is 1.87. The van der Waals surface area contributed by atoms with Crippen LogP contribution in [0.2, 0.25) is 0 Å². The van der Waals surface area contributed by atoms with Crippen molar-refractivity contribution < 1.29 is 0 Å². The summed E-state index contributed by atoms with van der Waals surface area (Å²) in [6.45, 7) is 3.89. The third-order valence-corrected chi connectivity index (χ3v) is 4.01. The molecule has 0 spiro atoms. The summed E-state index contributed by atoms with van der Waals surface area (Å²) in [5, 5.41) is 3.42. The molecule has 0 radical (unpaired) electrons. The second-order valence-corrected chi connectivity index (χ2v) is 6.16. The average Bonchev–Trinajstić information content (AvgIpc) is 2.67. The molecule has 2 nitrogen and oxygen atoms in total. The van der Waals surface area contributed by atoms with E-state index in [2.05, 4.69) is 45.3 Å². The first-order valence-corrected chi connectivity index (χ1v) is 6.71. The van der Waals surface area contributed by atoms with E-state index in [-0.39, 0.29) is 0 Å². The highest BCUT2D eigenvalue weighted by Crippen LogP contribution is 2.21. The van der Waals surface area contributed by atoms with Gasteiger partial charge in [0.05, 0.1) is 3.79 Å². The SMILES string of the molecule is Cc1ccncc1CNCc1ccc(Br)s1. The first-order valence-electron chi connectivity index (χ1n) is 5.10. The van der Waals surface area contributed by atoms with E-state index in [4.69, 9.17) is 0 Å². The normalized spacial score (nSPS) is 10.6. The maximum absolute atomic E-state index is 4.13. The molecule has 1 N–H and O–H groups in total. The summed E-state index contributed by atoms with van der Waals surface area (Å²) >= 11 is 5.23. The van der Waals surface area contributed by atoms with Crippen molar-refractivity contribution in [2.75, 3.05) is 0 Å². The van der Waals surface area contributed by atoms with E-state index in [1.54, 1.807) is 11.3 Å². The van der Waals surface area contributed by atoms with E-state index >= 15 is 0 Å². The summed E-state index contributed by atoms with van der Waals surface area (Å²) in [7, 11) is 0. The highest BCUT2D eigenvalue weighted by atomic mass is 79.9. The fraction of sp³-hybridized carbons (Fsp3) is 0.250. The molecule has 2 aromatic rings. The molecule has 0 bridgehead atoms. The van der Waals surface area contributed by atoms with Gasteiger partial charge in [-0.15, -0.1) is 11.3 Å². The zero-order chi connectivity index (χ0) is 11.4. The fourth-order valence-electron chi connectivity index (χ4n) is 1.45. The van der Waals surface area contributed by atoms with E-state index in [0.717, 1.165) is 13.1 Å². The Kier molecular flexibility index (Phi) is 4.09. The van der Waals surface area contributed by atoms with Gasteiger partial charge in [0.1, 0.15) is 0 Å². The number of halogens is 1. The monoisotopic (exact) mass is 296 g/mol. The highest BCUT2D eigenvalue weighted by molar-refractivity contribution is 9.11. The van der Waals surface area contributed by atoms with Crippen molar-refractivity contribution in [3.8, 4) is 0 Å². The molecule has 0 amide bonds. The Labute approximate surface area is 108 Å². The van der Waals surface area contributed by atoms with Crippen LogP contribution in [0.25, 0.3) is 0 Å². The molecule has 0 aliphatic rings. The van der Waals surface area contributed by atoms with E-state index in [1.807, 2.05) is 18.5 Å².